The van der Waals surface area contributed by atoms with E-state index < -0.39 is 22.1 Å². The molecule has 0 aliphatic heterocycles. The molecule has 4 aliphatic carbocycles. The van der Waals surface area contributed by atoms with Crippen molar-refractivity contribution in [3.8, 4) is 0 Å². The van der Waals surface area contributed by atoms with Gasteiger partial charge >= 0.3 is 5.97 Å². The molecule has 176 valence electrons. The Morgan fingerprint density at radius 3 is 2.21 bits per heavy atom. The fraction of sp³-hybridized carbons (Fsp3) is 0.520. The Bertz CT molecular complexity index is 1100. The molecule has 4 bridgehead atoms. The maximum atomic E-state index is 13.3. The molecular formula is C25H29NO6S. The third kappa shape index (κ3) is 4.38. The van der Waals surface area contributed by atoms with Crippen LogP contribution in [0, 0.1) is 23.2 Å². The second-order valence-electron chi connectivity index (χ2n) is 10.0. The average molecular weight is 472 g/mol. The summed E-state index contributed by atoms with van der Waals surface area (Å²) in [6.07, 6.45) is 7.17. The molecule has 4 aliphatic rings. The van der Waals surface area contributed by atoms with Crippen molar-refractivity contribution in [2.24, 2.45) is 23.2 Å². The Labute approximate surface area is 193 Å². The van der Waals surface area contributed by atoms with Gasteiger partial charge in [0.15, 0.2) is 11.9 Å². The number of nitrogens with one attached hydrogen (secondary N) is 1. The number of Topliss-reactive ketones (excluding diaryl/α,β-unsaturated/α-hetero) is 1. The van der Waals surface area contributed by atoms with Crippen molar-refractivity contribution >= 4 is 21.8 Å². The second kappa shape index (κ2) is 8.40. The number of ketones is 1. The summed E-state index contributed by atoms with van der Waals surface area (Å²) in [5.41, 5.74) is -0.114. The molecule has 1 unspecified atom stereocenters. The van der Waals surface area contributed by atoms with Crippen molar-refractivity contribution in [1.29, 1.82) is 0 Å². The summed E-state index contributed by atoms with van der Waals surface area (Å²) in [5.74, 6) is 1.85. The average Bonchev–Trinajstić information content (AvgIpc) is 3.30. The van der Waals surface area contributed by atoms with Crippen LogP contribution in [0.4, 0.5) is 0 Å². The summed E-state index contributed by atoms with van der Waals surface area (Å²) in [4.78, 5) is 26.1. The zero-order valence-electron chi connectivity index (χ0n) is 18.7. The molecule has 4 saturated carbocycles. The monoisotopic (exact) mass is 471 g/mol. The predicted molar refractivity (Wildman–Crippen MR) is 120 cm³/mol. The number of sulfonamides is 1. The van der Waals surface area contributed by atoms with E-state index in [1.54, 1.807) is 19.1 Å². The fourth-order valence-corrected chi connectivity index (χ4v) is 7.55. The Kier molecular flexibility index (Phi) is 5.69. The van der Waals surface area contributed by atoms with Crippen LogP contribution in [0.2, 0.25) is 0 Å². The van der Waals surface area contributed by atoms with Crippen molar-refractivity contribution in [2.45, 2.75) is 63.0 Å². The minimum Gasteiger partial charge on any atom is -0.468 e. The zero-order valence-corrected chi connectivity index (χ0v) is 19.5. The van der Waals surface area contributed by atoms with Gasteiger partial charge in [-0.1, -0.05) is 0 Å². The van der Waals surface area contributed by atoms with Gasteiger partial charge in [-0.2, -0.15) is 0 Å². The molecule has 1 aromatic carbocycles. The molecular weight excluding hydrogens is 442 g/mol. The predicted octanol–water partition coefficient (Wildman–Crippen LogP) is 4.09. The lowest BCUT2D eigenvalue weighted by Crippen LogP contribution is -2.52. The molecule has 8 heteroatoms. The molecule has 6 rings (SSSR count). The summed E-state index contributed by atoms with van der Waals surface area (Å²) in [7, 11) is -3.76. The summed E-state index contributed by atoms with van der Waals surface area (Å²) in [6.45, 7) is 1.69. The number of hydrogen-bond acceptors (Lipinski definition) is 6. The first-order chi connectivity index (χ1) is 15.7. The molecule has 1 aromatic heterocycles. The van der Waals surface area contributed by atoms with Gasteiger partial charge in [-0.05, 0) is 99.6 Å². The number of carbonyl (C=O) groups excluding carboxylic acids is 2. The normalized spacial score (nSPS) is 29.1. The van der Waals surface area contributed by atoms with E-state index in [4.69, 9.17) is 9.15 Å². The molecule has 0 radical (unpaired) electrons. The Hall–Kier alpha value is -2.45. The van der Waals surface area contributed by atoms with Gasteiger partial charge in [0.05, 0.1) is 23.3 Å². The largest absolute Gasteiger partial charge is 0.468 e. The van der Waals surface area contributed by atoms with Gasteiger partial charge in [-0.25, -0.2) is 17.9 Å². The van der Waals surface area contributed by atoms with Crippen LogP contribution in [0.25, 0.3) is 0 Å². The highest BCUT2D eigenvalue weighted by atomic mass is 32.2. The van der Waals surface area contributed by atoms with E-state index in [9.17, 15) is 18.0 Å². The fourth-order valence-electron chi connectivity index (χ4n) is 6.56. The number of rotatable bonds is 8. The van der Waals surface area contributed by atoms with Gasteiger partial charge in [0.1, 0.15) is 5.76 Å². The molecule has 0 saturated heterocycles. The van der Waals surface area contributed by atoms with Gasteiger partial charge in [0.25, 0.3) is 0 Å². The van der Waals surface area contributed by atoms with Gasteiger partial charge in [0.2, 0.25) is 10.0 Å². The number of ether oxygens (including phenoxy) is 1. The summed E-state index contributed by atoms with van der Waals surface area (Å²) < 4.78 is 38.1. The highest BCUT2D eigenvalue weighted by Gasteiger charge is 2.55. The first-order valence-corrected chi connectivity index (χ1v) is 13.1. The molecule has 33 heavy (non-hydrogen) atoms. The minimum atomic E-state index is -3.76. The van der Waals surface area contributed by atoms with E-state index in [0.717, 1.165) is 19.3 Å². The maximum absolute atomic E-state index is 13.3. The van der Waals surface area contributed by atoms with E-state index in [1.165, 1.54) is 49.8 Å². The zero-order chi connectivity index (χ0) is 23.2. The number of hydrogen-bond donors (Lipinski definition) is 1. The highest BCUT2D eigenvalue weighted by Crippen LogP contribution is 2.60. The number of esters is 1. The lowest BCUT2D eigenvalue weighted by molar-refractivity contribution is -0.152. The van der Waals surface area contributed by atoms with Crippen LogP contribution >= 0.6 is 0 Å². The third-order valence-electron chi connectivity index (χ3n) is 7.63. The van der Waals surface area contributed by atoms with Gasteiger partial charge < -0.3 is 9.15 Å². The van der Waals surface area contributed by atoms with E-state index in [-0.39, 0.29) is 28.2 Å². The lowest BCUT2D eigenvalue weighted by Gasteiger charge is -2.56. The molecule has 0 amide bonds. The van der Waals surface area contributed by atoms with Gasteiger partial charge in [-0.3, -0.25) is 4.79 Å². The molecule has 1 atom stereocenters. The third-order valence-corrected chi connectivity index (χ3v) is 9.05. The van der Waals surface area contributed by atoms with Crippen molar-refractivity contribution < 1.29 is 27.2 Å². The Balaban J connectivity index is 1.21. The highest BCUT2D eigenvalue weighted by molar-refractivity contribution is 7.89. The van der Waals surface area contributed by atoms with Crippen LogP contribution in [-0.4, -0.2) is 26.3 Å². The molecule has 1 N–H and O–H groups in total. The summed E-state index contributed by atoms with van der Waals surface area (Å²) in [5, 5.41) is 0. The van der Waals surface area contributed by atoms with Crippen molar-refractivity contribution in [1.82, 2.24) is 4.72 Å². The van der Waals surface area contributed by atoms with Crippen LogP contribution in [-0.2, 0) is 26.1 Å². The minimum absolute atomic E-state index is 0.0308. The van der Waals surface area contributed by atoms with Crippen LogP contribution < -0.4 is 4.72 Å². The number of furan rings is 1. The van der Waals surface area contributed by atoms with Crippen LogP contribution in [0.1, 0.15) is 61.6 Å². The molecule has 1 heterocycles. The van der Waals surface area contributed by atoms with E-state index >= 15 is 0 Å². The smallest absolute Gasteiger partial charge is 0.338 e. The second-order valence-corrected chi connectivity index (χ2v) is 11.8. The van der Waals surface area contributed by atoms with Crippen LogP contribution in [0.5, 0.6) is 0 Å². The Morgan fingerprint density at radius 2 is 1.67 bits per heavy atom. The van der Waals surface area contributed by atoms with Crippen LogP contribution in [0.3, 0.4) is 0 Å². The van der Waals surface area contributed by atoms with Crippen LogP contribution in [0.15, 0.2) is 52.0 Å². The Morgan fingerprint density at radius 1 is 1.06 bits per heavy atom. The molecule has 2 aromatic rings. The summed E-state index contributed by atoms with van der Waals surface area (Å²) in [6, 6.07) is 8.88. The SMILES string of the molecule is CC(OC(=O)c1ccc(S(=O)(=O)NCc2ccco2)cc1)C(=O)C12CC3CC(CC(C3)C1)C2. The van der Waals surface area contributed by atoms with Crippen molar-refractivity contribution in [3.63, 3.8) is 0 Å². The molecule has 4 fully saturated rings. The first-order valence-electron chi connectivity index (χ1n) is 11.6. The molecule has 7 nitrogen and oxygen atoms in total. The standard InChI is InChI=1S/C25H29NO6S/c1-16(23(27)25-12-17-9-18(13-25)11-19(10-17)14-25)32-24(28)20-4-6-22(7-5-20)33(29,30)26-15-21-3-2-8-31-21/h2-8,16-19,26H,9-15H2,1H3. The van der Waals surface area contributed by atoms with Gasteiger partial charge in [-0.15, -0.1) is 0 Å². The number of benzene rings is 1. The van der Waals surface area contributed by atoms with E-state index in [2.05, 4.69) is 4.72 Å². The van der Waals surface area contributed by atoms with Crippen molar-refractivity contribution in [3.05, 3.63) is 54.0 Å². The maximum Gasteiger partial charge on any atom is 0.338 e. The quantitative estimate of drug-likeness (QED) is 0.582. The van der Waals surface area contributed by atoms with E-state index in [0.29, 0.717) is 23.5 Å². The topological polar surface area (TPSA) is 103 Å². The van der Waals surface area contributed by atoms with Gasteiger partial charge in [0, 0.05) is 5.41 Å². The van der Waals surface area contributed by atoms with E-state index in [1.807, 2.05) is 0 Å². The summed E-state index contributed by atoms with van der Waals surface area (Å²) >= 11 is 0. The number of carbonyl (C=O) groups is 2. The lowest BCUT2D eigenvalue weighted by atomic mass is 9.48. The molecule has 0 spiro atoms. The van der Waals surface area contributed by atoms with Crippen molar-refractivity contribution in [2.75, 3.05) is 0 Å². The first kappa shape index (κ1) is 22.3.